The first-order chi connectivity index (χ1) is 8.72. The summed E-state index contributed by atoms with van der Waals surface area (Å²) in [6.45, 7) is 6.32. The van der Waals surface area contributed by atoms with Gasteiger partial charge in [0.05, 0.1) is 11.6 Å². The molecule has 18 heavy (non-hydrogen) atoms. The lowest BCUT2D eigenvalue weighted by Crippen LogP contribution is -2.24. The Morgan fingerprint density at radius 3 is 2.89 bits per heavy atom. The summed E-state index contributed by atoms with van der Waals surface area (Å²) in [4.78, 5) is 0. The topological polar surface area (TPSA) is 40.8 Å². The lowest BCUT2D eigenvalue weighted by Gasteiger charge is -2.09. The predicted octanol–water partition coefficient (Wildman–Crippen LogP) is 2.90. The molecule has 0 spiro atoms. The molecule has 0 unspecified atom stereocenters. The third-order valence-corrected chi connectivity index (χ3v) is 3.06. The third-order valence-electron chi connectivity index (χ3n) is 3.06. The van der Waals surface area contributed by atoms with E-state index < -0.39 is 0 Å². The summed E-state index contributed by atoms with van der Waals surface area (Å²) in [5, 5.41) is 13.5. The lowest BCUT2D eigenvalue weighted by molar-refractivity contribution is 0.541. The van der Waals surface area contributed by atoms with Gasteiger partial charge in [0.2, 0.25) is 0 Å². The number of nitriles is 1. The van der Waals surface area contributed by atoms with Gasteiger partial charge >= 0.3 is 0 Å². The Morgan fingerprint density at radius 1 is 1.33 bits per heavy atom. The van der Waals surface area contributed by atoms with Crippen molar-refractivity contribution in [3.8, 4) is 6.07 Å². The molecule has 3 nitrogen and oxygen atoms in total. The maximum atomic E-state index is 9.05. The van der Waals surface area contributed by atoms with E-state index in [0.29, 0.717) is 6.04 Å². The van der Waals surface area contributed by atoms with E-state index in [9.17, 15) is 0 Å². The molecule has 0 amide bonds. The number of benzene rings is 1. The molecule has 2 rings (SSSR count). The van der Waals surface area contributed by atoms with Crippen molar-refractivity contribution in [2.45, 2.75) is 32.9 Å². The fraction of sp³-hybridized carbons (Fsp3) is 0.400. The first kappa shape index (κ1) is 12.7. The lowest BCUT2D eigenvalue weighted by atomic mass is 10.1. The van der Waals surface area contributed by atoms with Crippen LogP contribution in [-0.2, 0) is 6.54 Å². The number of nitrogens with one attached hydrogen (secondary N) is 1. The van der Waals surface area contributed by atoms with Gasteiger partial charge < -0.3 is 9.88 Å². The normalized spacial score (nSPS) is 11.0. The predicted molar refractivity (Wildman–Crippen MR) is 74.4 cm³/mol. The molecule has 94 valence electrons. The molecule has 1 aromatic heterocycles. The van der Waals surface area contributed by atoms with Crippen LogP contribution in [0.1, 0.15) is 25.8 Å². The van der Waals surface area contributed by atoms with Crippen LogP contribution in [0.4, 0.5) is 0 Å². The van der Waals surface area contributed by atoms with Crippen molar-refractivity contribution in [3.63, 3.8) is 0 Å². The minimum absolute atomic E-state index is 0.539. The second-order valence-corrected chi connectivity index (χ2v) is 4.82. The summed E-state index contributed by atoms with van der Waals surface area (Å²) in [6, 6.07) is 10.7. The molecule has 0 saturated carbocycles. The summed E-state index contributed by atoms with van der Waals surface area (Å²) in [5.41, 5.74) is 1.91. The van der Waals surface area contributed by atoms with Crippen LogP contribution < -0.4 is 5.32 Å². The first-order valence-corrected chi connectivity index (χ1v) is 6.43. The Labute approximate surface area is 108 Å². The molecule has 0 saturated heterocycles. The van der Waals surface area contributed by atoms with E-state index in [1.165, 1.54) is 0 Å². The zero-order chi connectivity index (χ0) is 13.0. The Bertz CT molecular complexity index is 561. The Balaban J connectivity index is 2.08. The zero-order valence-electron chi connectivity index (χ0n) is 11.0. The second-order valence-electron chi connectivity index (χ2n) is 4.82. The van der Waals surface area contributed by atoms with Gasteiger partial charge in [-0.2, -0.15) is 5.26 Å². The number of aryl methyl sites for hydroxylation is 1. The van der Waals surface area contributed by atoms with Gasteiger partial charge in [0, 0.05) is 29.7 Å². The standard InChI is InChI=1S/C15H19N3/c1-12(2)17-8-4-9-18-10-7-14-13(11-16)5-3-6-15(14)18/h3,5-7,10,12,17H,4,8-9H2,1-2H3. The number of nitrogens with zero attached hydrogens (tertiary/aromatic N) is 2. The summed E-state index contributed by atoms with van der Waals surface area (Å²) in [5.74, 6) is 0. The SMILES string of the molecule is CC(C)NCCCn1ccc2c(C#N)cccc21. The summed E-state index contributed by atoms with van der Waals surface area (Å²) in [6.07, 6.45) is 3.17. The molecule has 0 aliphatic rings. The van der Waals surface area contributed by atoms with Gasteiger partial charge in [-0.1, -0.05) is 19.9 Å². The molecule has 1 N–H and O–H groups in total. The van der Waals surface area contributed by atoms with E-state index in [2.05, 4.69) is 42.1 Å². The molecule has 0 bridgehead atoms. The molecule has 0 radical (unpaired) electrons. The highest BCUT2D eigenvalue weighted by Gasteiger charge is 2.04. The largest absolute Gasteiger partial charge is 0.347 e. The van der Waals surface area contributed by atoms with Crippen molar-refractivity contribution in [2.75, 3.05) is 6.54 Å². The molecule has 3 heteroatoms. The van der Waals surface area contributed by atoms with Gasteiger partial charge in [-0.3, -0.25) is 0 Å². The average Bonchev–Trinajstić information content (AvgIpc) is 2.77. The van der Waals surface area contributed by atoms with Crippen molar-refractivity contribution in [2.24, 2.45) is 0 Å². The molecule has 0 aliphatic carbocycles. The van der Waals surface area contributed by atoms with Crippen LogP contribution in [0.15, 0.2) is 30.5 Å². The number of hydrogen-bond acceptors (Lipinski definition) is 2. The summed E-state index contributed by atoms with van der Waals surface area (Å²) >= 11 is 0. The van der Waals surface area contributed by atoms with Crippen molar-refractivity contribution < 1.29 is 0 Å². The zero-order valence-corrected chi connectivity index (χ0v) is 11.0. The molecule has 0 aliphatic heterocycles. The minimum atomic E-state index is 0.539. The Morgan fingerprint density at radius 2 is 2.17 bits per heavy atom. The Hall–Kier alpha value is -1.79. The Kier molecular flexibility index (Phi) is 4.01. The minimum Gasteiger partial charge on any atom is -0.347 e. The van der Waals surface area contributed by atoms with Crippen molar-refractivity contribution >= 4 is 10.9 Å². The quantitative estimate of drug-likeness (QED) is 0.818. The van der Waals surface area contributed by atoms with Crippen molar-refractivity contribution in [1.29, 1.82) is 5.26 Å². The molecular weight excluding hydrogens is 222 g/mol. The van der Waals surface area contributed by atoms with E-state index >= 15 is 0 Å². The summed E-state index contributed by atoms with van der Waals surface area (Å²) in [7, 11) is 0. The van der Waals surface area contributed by atoms with E-state index in [4.69, 9.17) is 5.26 Å². The average molecular weight is 241 g/mol. The molecule has 2 aromatic rings. The van der Waals surface area contributed by atoms with E-state index in [1.807, 2.05) is 18.2 Å². The highest BCUT2D eigenvalue weighted by atomic mass is 15.0. The maximum Gasteiger partial charge on any atom is 0.0998 e. The van der Waals surface area contributed by atoms with E-state index in [-0.39, 0.29) is 0 Å². The van der Waals surface area contributed by atoms with Crippen molar-refractivity contribution in [1.82, 2.24) is 9.88 Å². The van der Waals surface area contributed by atoms with Gasteiger partial charge in [0.15, 0.2) is 0 Å². The molecule has 1 aromatic carbocycles. The van der Waals surface area contributed by atoms with Crippen LogP contribution in [-0.4, -0.2) is 17.2 Å². The van der Waals surface area contributed by atoms with Gasteiger partial charge in [-0.05, 0) is 31.2 Å². The molecular formula is C15H19N3. The maximum absolute atomic E-state index is 9.05. The fourth-order valence-electron chi connectivity index (χ4n) is 2.16. The highest BCUT2D eigenvalue weighted by molar-refractivity contribution is 5.85. The van der Waals surface area contributed by atoms with Crippen molar-refractivity contribution in [3.05, 3.63) is 36.0 Å². The smallest absolute Gasteiger partial charge is 0.0998 e. The van der Waals surface area contributed by atoms with Crippen LogP contribution >= 0.6 is 0 Å². The van der Waals surface area contributed by atoms with Gasteiger partial charge in [-0.15, -0.1) is 0 Å². The first-order valence-electron chi connectivity index (χ1n) is 6.43. The summed E-state index contributed by atoms with van der Waals surface area (Å²) < 4.78 is 2.22. The van der Waals surface area contributed by atoms with Crippen LogP contribution in [0, 0.1) is 11.3 Å². The van der Waals surface area contributed by atoms with E-state index in [1.54, 1.807) is 0 Å². The monoisotopic (exact) mass is 241 g/mol. The molecule has 0 atom stereocenters. The van der Waals surface area contributed by atoms with Crippen LogP contribution in [0.3, 0.4) is 0 Å². The number of aromatic nitrogens is 1. The van der Waals surface area contributed by atoms with Crippen LogP contribution in [0.5, 0.6) is 0 Å². The number of hydrogen-bond donors (Lipinski definition) is 1. The van der Waals surface area contributed by atoms with Gasteiger partial charge in [0.25, 0.3) is 0 Å². The second kappa shape index (κ2) is 5.70. The third kappa shape index (κ3) is 2.72. The highest BCUT2D eigenvalue weighted by Crippen LogP contribution is 2.19. The van der Waals surface area contributed by atoms with Gasteiger partial charge in [0.1, 0.15) is 0 Å². The van der Waals surface area contributed by atoms with Gasteiger partial charge in [-0.25, -0.2) is 0 Å². The molecule has 1 heterocycles. The number of rotatable bonds is 5. The van der Waals surface area contributed by atoms with Crippen LogP contribution in [0.2, 0.25) is 0 Å². The molecule has 0 fully saturated rings. The number of fused-ring (bicyclic) bond motifs is 1. The van der Waals surface area contributed by atoms with E-state index in [0.717, 1.165) is 36.0 Å². The van der Waals surface area contributed by atoms with Crippen LogP contribution in [0.25, 0.3) is 10.9 Å². The fourth-order valence-corrected chi connectivity index (χ4v) is 2.16.